The van der Waals surface area contributed by atoms with Gasteiger partial charge in [0, 0.05) is 16.7 Å². The highest BCUT2D eigenvalue weighted by atomic mass is 32.2. The van der Waals surface area contributed by atoms with Crippen molar-refractivity contribution < 1.29 is 17.9 Å². The van der Waals surface area contributed by atoms with Crippen LogP contribution in [0.25, 0.3) is 11.3 Å². The minimum Gasteiger partial charge on any atom is -0.497 e. The summed E-state index contributed by atoms with van der Waals surface area (Å²) in [6, 6.07) is 9.67. The summed E-state index contributed by atoms with van der Waals surface area (Å²) in [5.41, 5.74) is -3.42. The SMILES string of the molecule is COc1ccc(-c2ccccn2)c(SC(F)(F)F)c1. The fraction of sp³-hybridized carbons (Fsp3) is 0.154. The molecule has 0 N–H and O–H groups in total. The first-order valence-electron chi connectivity index (χ1n) is 5.35. The topological polar surface area (TPSA) is 22.1 Å². The van der Waals surface area contributed by atoms with Crippen molar-refractivity contribution in [2.45, 2.75) is 10.4 Å². The molecule has 0 amide bonds. The van der Waals surface area contributed by atoms with Crippen LogP contribution in [0, 0.1) is 0 Å². The van der Waals surface area contributed by atoms with Crippen LogP contribution in [0.3, 0.4) is 0 Å². The number of methoxy groups -OCH3 is 1. The van der Waals surface area contributed by atoms with Gasteiger partial charge in [0.05, 0.1) is 12.8 Å². The smallest absolute Gasteiger partial charge is 0.446 e. The molecule has 1 aromatic carbocycles. The molecule has 0 unspecified atom stereocenters. The Balaban J connectivity index is 2.48. The first-order valence-corrected chi connectivity index (χ1v) is 6.16. The van der Waals surface area contributed by atoms with E-state index in [0.717, 1.165) is 0 Å². The minimum absolute atomic E-state index is 0.0746. The summed E-state index contributed by atoms with van der Waals surface area (Å²) in [7, 11) is 1.41. The van der Waals surface area contributed by atoms with Crippen molar-refractivity contribution in [3.05, 3.63) is 42.6 Å². The summed E-state index contributed by atoms with van der Waals surface area (Å²) in [6.45, 7) is 0. The van der Waals surface area contributed by atoms with E-state index in [1.807, 2.05) is 0 Å². The summed E-state index contributed by atoms with van der Waals surface area (Å²) in [4.78, 5) is 4.15. The molecule has 2 aromatic rings. The maximum absolute atomic E-state index is 12.6. The highest BCUT2D eigenvalue weighted by Gasteiger charge is 2.31. The Morgan fingerprint density at radius 2 is 1.95 bits per heavy atom. The van der Waals surface area contributed by atoms with E-state index in [1.54, 1.807) is 36.5 Å². The van der Waals surface area contributed by atoms with Crippen LogP contribution in [-0.4, -0.2) is 17.6 Å². The Hall–Kier alpha value is -1.69. The lowest BCUT2D eigenvalue weighted by Gasteiger charge is -2.12. The number of ether oxygens (including phenoxy) is 1. The van der Waals surface area contributed by atoms with Gasteiger partial charge in [-0.2, -0.15) is 13.2 Å². The lowest BCUT2D eigenvalue weighted by molar-refractivity contribution is -0.0328. The fourth-order valence-corrected chi connectivity index (χ4v) is 2.28. The Kier molecular flexibility index (Phi) is 3.99. The molecule has 1 heterocycles. The van der Waals surface area contributed by atoms with Crippen molar-refractivity contribution in [3.63, 3.8) is 0 Å². The number of aromatic nitrogens is 1. The molecule has 0 bridgehead atoms. The van der Waals surface area contributed by atoms with Crippen molar-refractivity contribution in [3.8, 4) is 17.0 Å². The maximum Gasteiger partial charge on any atom is 0.446 e. The number of hydrogen-bond donors (Lipinski definition) is 0. The number of alkyl halides is 3. The van der Waals surface area contributed by atoms with E-state index >= 15 is 0 Å². The largest absolute Gasteiger partial charge is 0.497 e. The molecule has 0 saturated heterocycles. The van der Waals surface area contributed by atoms with Crippen LogP contribution >= 0.6 is 11.8 Å². The minimum atomic E-state index is -4.35. The summed E-state index contributed by atoms with van der Waals surface area (Å²) in [5.74, 6) is 0.381. The molecule has 2 rings (SSSR count). The molecule has 19 heavy (non-hydrogen) atoms. The van der Waals surface area contributed by atoms with E-state index in [9.17, 15) is 13.2 Å². The van der Waals surface area contributed by atoms with Gasteiger partial charge < -0.3 is 4.74 Å². The Morgan fingerprint density at radius 1 is 1.16 bits per heavy atom. The second-order valence-electron chi connectivity index (χ2n) is 3.62. The quantitative estimate of drug-likeness (QED) is 0.782. The van der Waals surface area contributed by atoms with Crippen LogP contribution in [-0.2, 0) is 0 Å². The summed E-state index contributed by atoms with van der Waals surface area (Å²) in [5, 5.41) is 0. The predicted molar refractivity (Wildman–Crippen MR) is 68.1 cm³/mol. The number of hydrogen-bond acceptors (Lipinski definition) is 3. The van der Waals surface area contributed by atoms with Gasteiger partial charge in [-0.1, -0.05) is 6.07 Å². The van der Waals surface area contributed by atoms with Crippen molar-refractivity contribution in [1.29, 1.82) is 0 Å². The molecule has 0 radical (unpaired) electrons. The lowest BCUT2D eigenvalue weighted by Crippen LogP contribution is -2.00. The van der Waals surface area contributed by atoms with E-state index < -0.39 is 5.51 Å². The zero-order valence-electron chi connectivity index (χ0n) is 9.94. The van der Waals surface area contributed by atoms with Gasteiger partial charge in [-0.25, -0.2) is 0 Å². The number of thioether (sulfide) groups is 1. The molecular weight excluding hydrogens is 275 g/mol. The molecule has 1 aromatic heterocycles. The van der Waals surface area contributed by atoms with Gasteiger partial charge in [0.2, 0.25) is 0 Å². The number of benzene rings is 1. The first-order chi connectivity index (χ1) is 8.99. The monoisotopic (exact) mass is 285 g/mol. The molecule has 100 valence electrons. The Labute approximate surface area is 112 Å². The van der Waals surface area contributed by atoms with Crippen molar-refractivity contribution in [1.82, 2.24) is 4.98 Å². The van der Waals surface area contributed by atoms with Gasteiger partial charge in [-0.05, 0) is 42.1 Å². The number of rotatable bonds is 3. The molecule has 0 aliphatic rings. The Morgan fingerprint density at radius 3 is 2.53 bits per heavy atom. The third kappa shape index (κ3) is 3.64. The third-order valence-electron chi connectivity index (χ3n) is 2.36. The van der Waals surface area contributed by atoms with Crippen molar-refractivity contribution >= 4 is 11.8 Å². The average molecular weight is 285 g/mol. The predicted octanol–water partition coefficient (Wildman–Crippen LogP) is 4.37. The zero-order valence-corrected chi connectivity index (χ0v) is 10.8. The van der Waals surface area contributed by atoms with Crippen LogP contribution in [0.15, 0.2) is 47.5 Å². The van der Waals surface area contributed by atoms with Crippen LogP contribution < -0.4 is 4.74 Å². The van der Waals surface area contributed by atoms with Crippen LogP contribution in [0.4, 0.5) is 13.2 Å². The second-order valence-corrected chi connectivity index (χ2v) is 4.73. The Bertz CT molecular complexity index is 558. The van der Waals surface area contributed by atoms with Crippen LogP contribution in [0.2, 0.25) is 0 Å². The molecule has 0 atom stereocenters. The average Bonchev–Trinajstić information content (AvgIpc) is 2.38. The molecule has 0 fully saturated rings. The summed E-state index contributed by atoms with van der Waals surface area (Å²) < 4.78 is 42.7. The van der Waals surface area contributed by atoms with Crippen LogP contribution in [0.5, 0.6) is 5.75 Å². The third-order valence-corrected chi connectivity index (χ3v) is 3.14. The van der Waals surface area contributed by atoms with Gasteiger partial charge in [-0.15, -0.1) is 0 Å². The molecule has 0 spiro atoms. The van der Waals surface area contributed by atoms with E-state index in [0.29, 0.717) is 17.0 Å². The molecule has 2 nitrogen and oxygen atoms in total. The van der Waals surface area contributed by atoms with Crippen molar-refractivity contribution in [2.24, 2.45) is 0 Å². The van der Waals surface area contributed by atoms with E-state index in [-0.39, 0.29) is 16.7 Å². The van der Waals surface area contributed by atoms with E-state index in [1.165, 1.54) is 13.2 Å². The highest BCUT2D eigenvalue weighted by molar-refractivity contribution is 8.00. The first kappa shape index (κ1) is 13.7. The molecule has 0 aliphatic carbocycles. The summed E-state index contributed by atoms with van der Waals surface area (Å²) in [6.07, 6.45) is 1.54. The van der Waals surface area contributed by atoms with Crippen LogP contribution in [0.1, 0.15) is 0 Å². The van der Waals surface area contributed by atoms with Crippen molar-refractivity contribution in [2.75, 3.05) is 7.11 Å². The van der Waals surface area contributed by atoms with E-state index in [2.05, 4.69) is 4.98 Å². The number of nitrogens with zero attached hydrogens (tertiary/aromatic N) is 1. The zero-order chi connectivity index (χ0) is 13.9. The fourth-order valence-electron chi connectivity index (χ4n) is 1.57. The van der Waals surface area contributed by atoms with Gasteiger partial charge in [0.15, 0.2) is 0 Å². The van der Waals surface area contributed by atoms with E-state index in [4.69, 9.17) is 4.74 Å². The molecule has 0 saturated carbocycles. The summed E-state index contributed by atoms with van der Waals surface area (Å²) >= 11 is -0.168. The van der Waals surface area contributed by atoms with Gasteiger partial charge in [-0.3, -0.25) is 4.98 Å². The molecule has 6 heteroatoms. The maximum atomic E-state index is 12.6. The highest BCUT2D eigenvalue weighted by Crippen LogP contribution is 2.42. The number of halogens is 3. The molecule has 0 aliphatic heterocycles. The van der Waals surface area contributed by atoms with Gasteiger partial charge in [0.25, 0.3) is 0 Å². The van der Waals surface area contributed by atoms with Gasteiger partial charge in [0.1, 0.15) is 5.75 Å². The van der Waals surface area contributed by atoms with Gasteiger partial charge >= 0.3 is 5.51 Å². The normalized spacial score (nSPS) is 11.4. The number of pyridine rings is 1. The molecular formula is C13H10F3NOS. The standard InChI is InChI=1S/C13H10F3NOS/c1-18-9-5-6-10(11-4-2-3-7-17-11)12(8-9)19-13(14,15)16/h2-8H,1H3. The lowest BCUT2D eigenvalue weighted by atomic mass is 10.1. The second kappa shape index (κ2) is 5.52.